The molecule has 0 amide bonds. The average molecular weight is 805 g/mol. The molecule has 0 radical (unpaired) electrons. The van der Waals surface area contributed by atoms with Crippen LogP contribution in [-0.2, 0) is 12.8 Å². The van der Waals surface area contributed by atoms with Gasteiger partial charge in [-0.1, -0.05) is 142 Å². The molecule has 2 aliphatic heterocycles. The van der Waals surface area contributed by atoms with Crippen LogP contribution >= 0.6 is 11.3 Å². The molecule has 0 spiro atoms. The van der Waals surface area contributed by atoms with Gasteiger partial charge in [-0.3, -0.25) is 0 Å². The normalized spacial score (nSPS) is 12.8. The van der Waals surface area contributed by atoms with E-state index in [0.717, 1.165) is 12.8 Å². The SMILES string of the molecule is CCCCc1ccc(N2B3c4c(cc(C)cc4N(c4ccc(CCCC)cc4-c4ccccc4)c4ccc5sc6ccccc6c5c43)-c3ccc(-c4ccccc4)cc32)cc1. The van der Waals surface area contributed by atoms with E-state index in [2.05, 4.69) is 200 Å². The van der Waals surface area contributed by atoms with Gasteiger partial charge in [0, 0.05) is 43.3 Å². The van der Waals surface area contributed by atoms with Gasteiger partial charge in [-0.25, -0.2) is 0 Å². The van der Waals surface area contributed by atoms with Gasteiger partial charge in [0.2, 0.25) is 0 Å². The van der Waals surface area contributed by atoms with E-state index in [-0.39, 0.29) is 6.85 Å². The number of hydrogen-bond acceptors (Lipinski definition) is 3. The van der Waals surface area contributed by atoms with Gasteiger partial charge in [0.1, 0.15) is 0 Å². The van der Waals surface area contributed by atoms with E-state index in [1.165, 1.54) is 135 Å². The van der Waals surface area contributed by atoms with Gasteiger partial charge in [0.15, 0.2) is 0 Å². The molecule has 0 bridgehead atoms. The molecule has 2 aliphatic rings. The molecule has 11 rings (SSSR count). The molecule has 0 saturated heterocycles. The van der Waals surface area contributed by atoms with E-state index in [0.29, 0.717) is 0 Å². The Kier molecular flexibility index (Phi) is 9.62. The minimum absolute atomic E-state index is 0.0810. The Labute approximate surface area is 364 Å². The zero-order chi connectivity index (χ0) is 41.0. The highest BCUT2D eigenvalue weighted by Crippen LogP contribution is 2.51. The van der Waals surface area contributed by atoms with Crippen LogP contribution in [0.15, 0.2) is 170 Å². The number of nitrogens with zero attached hydrogens (tertiary/aromatic N) is 2. The summed E-state index contributed by atoms with van der Waals surface area (Å²) in [5.74, 6) is 0. The van der Waals surface area contributed by atoms with Gasteiger partial charge in [-0.2, -0.15) is 0 Å². The number of fused-ring (bicyclic) bond motifs is 8. The molecule has 8 aromatic carbocycles. The van der Waals surface area contributed by atoms with Crippen molar-refractivity contribution in [2.75, 3.05) is 9.71 Å². The quantitative estimate of drug-likeness (QED) is 0.127. The van der Waals surface area contributed by atoms with Crippen LogP contribution < -0.4 is 20.6 Å². The number of hydrogen-bond donors (Lipinski definition) is 0. The van der Waals surface area contributed by atoms with Crippen LogP contribution in [0.25, 0.3) is 53.6 Å². The molecule has 1 aromatic heterocycles. The summed E-state index contributed by atoms with van der Waals surface area (Å²) < 4.78 is 2.65. The summed E-state index contributed by atoms with van der Waals surface area (Å²) >= 11 is 1.91. The molecule has 0 fully saturated rings. The van der Waals surface area contributed by atoms with E-state index in [4.69, 9.17) is 0 Å². The molecule has 4 heteroatoms. The number of unbranched alkanes of at least 4 members (excludes halogenated alkanes) is 2. The van der Waals surface area contributed by atoms with Gasteiger partial charge in [0.25, 0.3) is 0 Å². The monoisotopic (exact) mass is 804 g/mol. The molecule has 0 atom stereocenters. The molecule has 9 aromatic rings. The van der Waals surface area contributed by atoms with Crippen molar-refractivity contribution in [2.45, 2.75) is 59.3 Å². The Balaban J connectivity index is 1.25. The highest BCUT2D eigenvalue weighted by molar-refractivity contribution is 7.26. The topological polar surface area (TPSA) is 6.48 Å². The Morgan fingerprint density at radius 1 is 0.475 bits per heavy atom. The summed E-state index contributed by atoms with van der Waals surface area (Å²) in [7, 11) is 0. The lowest BCUT2D eigenvalue weighted by molar-refractivity contribution is 0.795. The first-order chi connectivity index (χ1) is 30.1. The smallest absolute Gasteiger partial charge is 0.333 e. The standard InChI is InChI=1S/C57H49BN2S/c1-4-6-16-39-24-28-44(29-25-39)60-51-37-43(41-18-10-8-11-19-41)27-30-45(51)48-34-38(3)35-52-56(48)58(60)57-50(32-33-54-55(57)46-22-14-15-23-53(46)61-54)59(52)49-31-26-40(17-7-5-2)36-47(49)42-20-12-9-13-21-42/h8-15,18-37H,4-7,16-17H2,1-3H3. The third kappa shape index (κ3) is 6.39. The third-order valence-corrected chi connectivity index (χ3v) is 14.2. The van der Waals surface area contributed by atoms with Crippen LogP contribution in [0, 0.1) is 6.92 Å². The minimum atomic E-state index is -0.0810. The summed E-state index contributed by atoms with van der Waals surface area (Å²) in [4.78, 5) is 5.32. The number of benzene rings is 8. The van der Waals surface area contributed by atoms with Gasteiger partial charge in [-0.15, -0.1) is 11.3 Å². The predicted molar refractivity (Wildman–Crippen MR) is 266 cm³/mol. The molecule has 2 nitrogen and oxygen atoms in total. The number of anilines is 5. The first-order valence-corrected chi connectivity index (χ1v) is 23.1. The second kappa shape index (κ2) is 15.6. The molecule has 0 N–H and O–H groups in total. The molecule has 3 heterocycles. The largest absolute Gasteiger partial charge is 0.376 e. The fourth-order valence-corrected chi connectivity index (χ4v) is 11.3. The van der Waals surface area contributed by atoms with E-state index in [1.807, 2.05) is 11.3 Å². The van der Waals surface area contributed by atoms with Crippen LogP contribution in [0.5, 0.6) is 0 Å². The minimum Gasteiger partial charge on any atom is -0.376 e. The Hall–Kier alpha value is -6.36. The van der Waals surface area contributed by atoms with Gasteiger partial charge in [0.05, 0.1) is 5.69 Å². The van der Waals surface area contributed by atoms with Crippen molar-refractivity contribution >= 4 is 77.7 Å². The second-order valence-electron chi connectivity index (χ2n) is 17.0. The van der Waals surface area contributed by atoms with E-state index in [9.17, 15) is 0 Å². The summed E-state index contributed by atoms with van der Waals surface area (Å²) in [6, 6.07) is 64.7. The fourth-order valence-electron chi connectivity index (χ4n) is 10.1. The molecule has 0 unspecified atom stereocenters. The van der Waals surface area contributed by atoms with Crippen molar-refractivity contribution in [1.29, 1.82) is 0 Å². The van der Waals surface area contributed by atoms with Crippen molar-refractivity contribution in [3.8, 4) is 33.4 Å². The van der Waals surface area contributed by atoms with Crippen LogP contribution in [-0.4, -0.2) is 6.85 Å². The van der Waals surface area contributed by atoms with Crippen molar-refractivity contribution in [3.05, 3.63) is 187 Å². The summed E-state index contributed by atoms with van der Waals surface area (Å²) in [5, 5.41) is 2.69. The zero-order valence-electron chi connectivity index (χ0n) is 35.3. The zero-order valence-corrected chi connectivity index (χ0v) is 36.1. The van der Waals surface area contributed by atoms with Crippen molar-refractivity contribution in [3.63, 3.8) is 0 Å². The Morgan fingerprint density at radius 2 is 1.16 bits per heavy atom. The number of aryl methyl sites for hydroxylation is 3. The molecule has 296 valence electrons. The van der Waals surface area contributed by atoms with Gasteiger partial charge in [-0.05, 0) is 148 Å². The van der Waals surface area contributed by atoms with Crippen molar-refractivity contribution in [1.82, 2.24) is 0 Å². The maximum absolute atomic E-state index is 2.69. The highest BCUT2D eigenvalue weighted by atomic mass is 32.1. The Morgan fingerprint density at radius 3 is 1.93 bits per heavy atom. The van der Waals surface area contributed by atoms with Crippen LogP contribution in [0.3, 0.4) is 0 Å². The van der Waals surface area contributed by atoms with Gasteiger partial charge < -0.3 is 9.71 Å². The van der Waals surface area contributed by atoms with Crippen LogP contribution in [0.2, 0.25) is 0 Å². The van der Waals surface area contributed by atoms with E-state index in [1.54, 1.807) is 0 Å². The van der Waals surface area contributed by atoms with Crippen LogP contribution in [0.1, 0.15) is 56.2 Å². The summed E-state index contributed by atoms with van der Waals surface area (Å²) in [6.45, 7) is 6.76. The summed E-state index contributed by atoms with van der Waals surface area (Å²) in [5.41, 5.74) is 20.5. The lowest BCUT2D eigenvalue weighted by atomic mass is 9.42. The third-order valence-electron chi connectivity index (χ3n) is 13.0. The number of rotatable bonds is 10. The van der Waals surface area contributed by atoms with Crippen molar-refractivity contribution < 1.29 is 0 Å². The fraction of sp³-hybridized carbons (Fsp3) is 0.158. The highest BCUT2D eigenvalue weighted by Gasteiger charge is 2.46. The average Bonchev–Trinajstić information content (AvgIpc) is 3.70. The predicted octanol–water partition coefficient (Wildman–Crippen LogP) is 15.1. The van der Waals surface area contributed by atoms with E-state index < -0.39 is 0 Å². The van der Waals surface area contributed by atoms with Gasteiger partial charge >= 0.3 is 6.85 Å². The Bertz CT molecular complexity index is 3080. The summed E-state index contributed by atoms with van der Waals surface area (Å²) in [6.07, 6.45) is 6.91. The molecular weight excluding hydrogens is 756 g/mol. The first-order valence-electron chi connectivity index (χ1n) is 22.2. The lowest BCUT2D eigenvalue weighted by Crippen LogP contribution is -2.61. The second-order valence-corrected chi connectivity index (χ2v) is 18.1. The lowest BCUT2D eigenvalue weighted by Gasteiger charge is -2.46. The maximum Gasteiger partial charge on any atom is 0.333 e. The van der Waals surface area contributed by atoms with E-state index >= 15 is 0 Å². The maximum atomic E-state index is 2.69. The molecular formula is C57H49BN2S. The van der Waals surface area contributed by atoms with Crippen molar-refractivity contribution in [2.24, 2.45) is 0 Å². The molecule has 0 saturated carbocycles. The molecule has 0 aliphatic carbocycles. The first kappa shape index (κ1) is 37.6. The van der Waals surface area contributed by atoms with Crippen LogP contribution in [0.4, 0.5) is 28.4 Å². The molecule has 61 heavy (non-hydrogen) atoms. The number of thiophene rings is 1.